The molecule has 3 unspecified atom stereocenters. The zero-order valence-corrected chi connectivity index (χ0v) is 18.4. The van der Waals surface area contributed by atoms with Crippen LogP contribution in [-0.4, -0.2) is 34.4 Å². The molecule has 2 aromatic rings. The number of carbonyl (C=O) groups is 2. The second-order valence-electron chi connectivity index (χ2n) is 8.04. The number of Topliss-reactive ketones (excluding diaryl/α,β-unsaturated/α-hetero) is 1. The first-order valence-electron chi connectivity index (χ1n) is 10.2. The Bertz CT molecular complexity index is 1000. The van der Waals surface area contributed by atoms with E-state index in [0.29, 0.717) is 18.5 Å². The van der Waals surface area contributed by atoms with Crippen LogP contribution in [0.25, 0.3) is 11.3 Å². The number of hydrogen-bond donors (Lipinski definition) is 2. The fourth-order valence-corrected chi connectivity index (χ4v) is 4.49. The van der Waals surface area contributed by atoms with Crippen molar-refractivity contribution in [3.63, 3.8) is 0 Å². The van der Waals surface area contributed by atoms with E-state index in [1.807, 2.05) is 13.8 Å². The predicted octanol–water partition coefficient (Wildman–Crippen LogP) is 4.27. The largest absolute Gasteiger partial charge is 0.392 e. The third kappa shape index (κ3) is 5.02. The first-order valence-corrected chi connectivity index (χ1v) is 10.6. The lowest BCUT2D eigenvalue weighted by atomic mass is 9.84. The highest BCUT2D eigenvalue weighted by Gasteiger charge is 2.44. The van der Waals surface area contributed by atoms with Crippen LogP contribution in [0.5, 0.6) is 0 Å². The standard InChI is InChI=1S/C24H26ClFN2O3/c1-4-5-6-27-20(30)10-16-9-19(29)22(24(16)31)21-13(2)7-15(8-14(21)3)23-18(26)11-17(25)12-28-23/h4,7-8,11-12,16,22,24,31H,1,5-6,9-10H2,2-3H3,(H,27,30). The number of nitrogens with zero attached hydrogens (tertiary/aromatic N) is 1. The van der Waals surface area contributed by atoms with E-state index in [1.165, 1.54) is 12.3 Å². The van der Waals surface area contributed by atoms with Crippen LogP contribution in [0.1, 0.15) is 41.9 Å². The molecule has 1 saturated carbocycles. The number of aryl methyl sites for hydroxylation is 2. The number of halogens is 2. The van der Waals surface area contributed by atoms with Gasteiger partial charge in [-0.2, -0.15) is 0 Å². The number of benzene rings is 1. The topological polar surface area (TPSA) is 79.3 Å². The van der Waals surface area contributed by atoms with Gasteiger partial charge in [0, 0.05) is 37.1 Å². The predicted molar refractivity (Wildman–Crippen MR) is 118 cm³/mol. The second-order valence-corrected chi connectivity index (χ2v) is 8.47. The lowest BCUT2D eigenvalue weighted by Gasteiger charge is -2.22. The zero-order valence-electron chi connectivity index (χ0n) is 17.6. The van der Waals surface area contributed by atoms with E-state index in [0.717, 1.165) is 16.7 Å². The van der Waals surface area contributed by atoms with Gasteiger partial charge in [0.15, 0.2) is 5.82 Å². The number of hydrogen-bond acceptors (Lipinski definition) is 4. The molecule has 1 aromatic carbocycles. The molecule has 1 fully saturated rings. The van der Waals surface area contributed by atoms with Crippen molar-refractivity contribution in [2.45, 2.75) is 45.1 Å². The lowest BCUT2D eigenvalue weighted by Crippen LogP contribution is -2.30. The monoisotopic (exact) mass is 444 g/mol. The summed E-state index contributed by atoms with van der Waals surface area (Å²) in [4.78, 5) is 29.0. The summed E-state index contributed by atoms with van der Waals surface area (Å²) in [6, 6.07) is 4.73. The summed E-state index contributed by atoms with van der Waals surface area (Å²) in [5.41, 5.74) is 3.00. The van der Waals surface area contributed by atoms with Gasteiger partial charge >= 0.3 is 0 Å². The first kappa shape index (κ1) is 23.1. The van der Waals surface area contributed by atoms with Gasteiger partial charge in [-0.25, -0.2) is 4.39 Å². The number of nitrogens with one attached hydrogen (secondary N) is 1. The van der Waals surface area contributed by atoms with Crippen molar-refractivity contribution in [1.82, 2.24) is 10.3 Å². The van der Waals surface area contributed by atoms with Crippen molar-refractivity contribution in [3.05, 3.63) is 64.6 Å². The fraction of sp³-hybridized carbons (Fsp3) is 0.375. The third-order valence-electron chi connectivity index (χ3n) is 5.74. The molecule has 1 aliphatic carbocycles. The molecule has 0 bridgehead atoms. The van der Waals surface area contributed by atoms with Crippen LogP contribution < -0.4 is 5.32 Å². The first-order chi connectivity index (χ1) is 14.7. The van der Waals surface area contributed by atoms with Gasteiger partial charge in [-0.3, -0.25) is 14.6 Å². The average molecular weight is 445 g/mol. The molecule has 0 saturated heterocycles. The van der Waals surface area contributed by atoms with Gasteiger partial charge in [-0.15, -0.1) is 6.58 Å². The summed E-state index contributed by atoms with van der Waals surface area (Å²) in [5.74, 6) is -1.95. The Hall–Kier alpha value is -2.57. The highest BCUT2D eigenvalue weighted by atomic mass is 35.5. The van der Waals surface area contributed by atoms with Crippen LogP contribution in [-0.2, 0) is 9.59 Å². The van der Waals surface area contributed by atoms with E-state index in [-0.39, 0.29) is 35.2 Å². The molecular formula is C24H26ClFN2O3. The molecular weight excluding hydrogens is 419 g/mol. The SMILES string of the molecule is C=CCCNC(=O)CC1CC(=O)C(c2c(C)cc(-c3ncc(Cl)cc3F)cc2C)C1O. The summed E-state index contributed by atoms with van der Waals surface area (Å²) in [5, 5.41) is 13.9. The molecule has 164 valence electrons. The van der Waals surface area contributed by atoms with Gasteiger partial charge < -0.3 is 10.4 Å². The number of ketones is 1. The number of rotatable bonds is 7. The molecule has 1 aromatic heterocycles. The van der Waals surface area contributed by atoms with Crippen LogP contribution in [0.3, 0.4) is 0 Å². The number of carbonyl (C=O) groups excluding carboxylic acids is 2. The van der Waals surface area contributed by atoms with Crippen molar-refractivity contribution >= 4 is 23.3 Å². The summed E-state index contributed by atoms with van der Waals surface area (Å²) in [6.45, 7) is 7.75. The van der Waals surface area contributed by atoms with Crippen molar-refractivity contribution < 1.29 is 19.1 Å². The highest BCUT2D eigenvalue weighted by Crippen LogP contribution is 2.41. The molecule has 0 spiro atoms. The van der Waals surface area contributed by atoms with Gasteiger partial charge in [0.25, 0.3) is 0 Å². The van der Waals surface area contributed by atoms with Gasteiger partial charge in [-0.05, 0) is 55.2 Å². The number of pyridine rings is 1. The van der Waals surface area contributed by atoms with Crippen LogP contribution in [0, 0.1) is 25.6 Å². The van der Waals surface area contributed by atoms with Gasteiger partial charge in [0.2, 0.25) is 5.91 Å². The molecule has 3 rings (SSSR count). The number of amides is 1. The quantitative estimate of drug-likeness (QED) is 0.493. The summed E-state index contributed by atoms with van der Waals surface area (Å²) in [7, 11) is 0. The maximum atomic E-state index is 14.3. The van der Waals surface area contributed by atoms with Gasteiger partial charge in [0.1, 0.15) is 11.5 Å². The Balaban J connectivity index is 1.84. The lowest BCUT2D eigenvalue weighted by molar-refractivity contribution is -0.122. The van der Waals surface area contributed by atoms with E-state index >= 15 is 0 Å². The minimum Gasteiger partial charge on any atom is -0.392 e. The molecule has 1 amide bonds. The average Bonchev–Trinajstić information content (AvgIpc) is 2.95. The molecule has 2 N–H and O–H groups in total. The van der Waals surface area contributed by atoms with Crippen molar-refractivity contribution in [1.29, 1.82) is 0 Å². The minimum atomic E-state index is -0.953. The van der Waals surface area contributed by atoms with Crippen LogP contribution >= 0.6 is 11.6 Å². The Kier molecular flexibility index (Phi) is 7.23. The maximum absolute atomic E-state index is 14.3. The Morgan fingerprint density at radius 3 is 2.65 bits per heavy atom. The summed E-state index contributed by atoms with van der Waals surface area (Å²) in [6.07, 6.45) is 3.05. The molecule has 3 atom stereocenters. The van der Waals surface area contributed by atoms with Crippen LogP contribution in [0.2, 0.25) is 5.02 Å². The van der Waals surface area contributed by atoms with Crippen molar-refractivity contribution in [2.75, 3.05) is 6.54 Å². The number of aliphatic hydroxyl groups is 1. The van der Waals surface area contributed by atoms with Gasteiger partial charge in [0.05, 0.1) is 17.0 Å². The summed E-state index contributed by atoms with van der Waals surface area (Å²) >= 11 is 5.79. The molecule has 5 nitrogen and oxygen atoms in total. The van der Waals surface area contributed by atoms with E-state index in [9.17, 15) is 19.1 Å². The third-order valence-corrected chi connectivity index (χ3v) is 5.95. The Labute approximate surface area is 186 Å². The minimum absolute atomic E-state index is 0.0915. The maximum Gasteiger partial charge on any atom is 0.220 e. The normalized spacial score (nSPS) is 20.7. The van der Waals surface area contributed by atoms with Crippen molar-refractivity contribution in [3.8, 4) is 11.3 Å². The Morgan fingerprint density at radius 2 is 2.03 bits per heavy atom. The van der Waals surface area contributed by atoms with E-state index in [1.54, 1.807) is 18.2 Å². The second kappa shape index (κ2) is 9.71. The molecule has 7 heteroatoms. The number of aromatic nitrogens is 1. The molecule has 31 heavy (non-hydrogen) atoms. The zero-order chi connectivity index (χ0) is 22.7. The molecule has 1 heterocycles. The summed E-state index contributed by atoms with van der Waals surface area (Å²) < 4.78 is 14.3. The Morgan fingerprint density at radius 1 is 1.35 bits per heavy atom. The smallest absolute Gasteiger partial charge is 0.220 e. The van der Waals surface area contributed by atoms with Crippen LogP contribution in [0.4, 0.5) is 4.39 Å². The molecule has 0 radical (unpaired) electrons. The molecule has 0 aliphatic heterocycles. The highest BCUT2D eigenvalue weighted by molar-refractivity contribution is 6.30. The molecule has 1 aliphatic rings. The number of aliphatic hydroxyl groups excluding tert-OH is 1. The van der Waals surface area contributed by atoms with E-state index < -0.39 is 23.8 Å². The van der Waals surface area contributed by atoms with Crippen LogP contribution in [0.15, 0.2) is 37.1 Å². The van der Waals surface area contributed by atoms with Gasteiger partial charge in [-0.1, -0.05) is 17.7 Å². The fourth-order valence-electron chi connectivity index (χ4n) is 4.35. The van der Waals surface area contributed by atoms with E-state index in [2.05, 4.69) is 16.9 Å². The van der Waals surface area contributed by atoms with E-state index in [4.69, 9.17) is 11.6 Å². The van der Waals surface area contributed by atoms with Crippen molar-refractivity contribution in [2.24, 2.45) is 5.92 Å².